The second kappa shape index (κ2) is 6.90. The lowest BCUT2D eigenvalue weighted by Crippen LogP contribution is -2.41. The number of para-hydroxylation sites is 1. The van der Waals surface area contributed by atoms with Gasteiger partial charge in [-0.2, -0.15) is 0 Å². The van der Waals surface area contributed by atoms with E-state index in [-0.39, 0.29) is 0 Å². The monoisotopic (exact) mass is 297 g/mol. The van der Waals surface area contributed by atoms with Crippen LogP contribution in [0.15, 0.2) is 36.9 Å². The molecule has 0 aliphatic carbocycles. The molecule has 0 saturated heterocycles. The molecular formula is C15H23NO3S. The van der Waals surface area contributed by atoms with Crippen LogP contribution in [0.25, 0.3) is 0 Å². The number of hydrogen-bond acceptors (Lipinski definition) is 4. The molecule has 0 spiro atoms. The lowest BCUT2D eigenvalue weighted by molar-refractivity contribution is 0.357. The summed E-state index contributed by atoms with van der Waals surface area (Å²) in [5.41, 5.74) is 0.999. The van der Waals surface area contributed by atoms with Crippen molar-refractivity contribution < 1.29 is 13.2 Å². The Morgan fingerprint density at radius 2 is 2.00 bits per heavy atom. The van der Waals surface area contributed by atoms with Gasteiger partial charge in [-0.05, 0) is 19.9 Å². The van der Waals surface area contributed by atoms with Crippen LogP contribution >= 0.6 is 0 Å². The van der Waals surface area contributed by atoms with Gasteiger partial charge >= 0.3 is 0 Å². The second-order valence-electron chi connectivity index (χ2n) is 5.34. The minimum Gasteiger partial charge on any atom is -0.489 e. The van der Waals surface area contributed by atoms with Crippen LogP contribution in [0.4, 0.5) is 0 Å². The summed E-state index contributed by atoms with van der Waals surface area (Å²) in [5.74, 6) is 0.789. The number of ether oxygens (including phenoxy) is 1. The maximum atomic E-state index is 11.6. The number of nitrogens with one attached hydrogen (secondary N) is 1. The summed E-state index contributed by atoms with van der Waals surface area (Å²) in [6.07, 6.45) is 2.95. The van der Waals surface area contributed by atoms with Crippen molar-refractivity contribution in [3.63, 3.8) is 0 Å². The molecule has 0 saturated carbocycles. The molecular weight excluding hydrogens is 274 g/mol. The number of benzene rings is 1. The molecule has 0 aromatic heterocycles. The van der Waals surface area contributed by atoms with Gasteiger partial charge in [0.15, 0.2) is 9.84 Å². The highest BCUT2D eigenvalue weighted by Crippen LogP contribution is 2.19. The maximum absolute atomic E-state index is 11.6. The lowest BCUT2D eigenvalue weighted by atomic mass is 10.1. The normalized spacial score (nSPS) is 12.2. The highest BCUT2D eigenvalue weighted by molar-refractivity contribution is 7.92. The van der Waals surface area contributed by atoms with E-state index >= 15 is 0 Å². The molecule has 1 rings (SSSR count). The van der Waals surface area contributed by atoms with Gasteiger partial charge in [0.1, 0.15) is 12.4 Å². The molecule has 5 heteroatoms. The van der Waals surface area contributed by atoms with E-state index in [9.17, 15) is 8.42 Å². The third-order valence-electron chi connectivity index (χ3n) is 3.20. The highest BCUT2D eigenvalue weighted by atomic mass is 32.2. The van der Waals surface area contributed by atoms with Crippen molar-refractivity contribution in [1.29, 1.82) is 0 Å². The van der Waals surface area contributed by atoms with Gasteiger partial charge in [0, 0.05) is 24.9 Å². The smallest absolute Gasteiger partial charge is 0.153 e. The van der Waals surface area contributed by atoms with E-state index in [1.807, 2.05) is 24.3 Å². The van der Waals surface area contributed by atoms with Gasteiger partial charge < -0.3 is 10.1 Å². The Morgan fingerprint density at radius 1 is 1.35 bits per heavy atom. The van der Waals surface area contributed by atoms with Gasteiger partial charge in [-0.3, -0.25) is 0 Å². The summed E-state index contributed by atoms with van der Waals surface area (Å²) >= 11 is 0. The quantitative estimate of drug-likeness (QED) is 0.747. The molecule has 20 heavy (non-hydrogen) atoms. The largest absolute Gasteiger partial charge is 0.489 e. The topological polar surface area (TPSA) is 55.4 Å². The van der Waals surface area contributed by atoms with E-state index in [0.717, 1.165) is 11.3 Å². The van der Waals surface area contributed by atoms with Gasteiger partial charge in [-0.15, -0.1) is 0 Å². The molecule has 112 valence electrons. The predicted molar refractivity (Wildman–Crippen MR) is 82.8 cm³/mol. The van der Waals surface area contributed by atoms with E-state index in [0.29, 0.717) is 19.7 Å². The fourth-order valence-electron chi connectivity index (χ4n) is 1.57. The zero-order chi connectivity index (χ0) is 15.2. The molecule has 4 nitrogen and oxygen atoms in total. The Morgan fingerprint density at radius 3 is 2.60 bits per heavy atom. The summed E-state index contributed by atoms with van der Waals surface area (Å²) in [6.45, 7) is 8.46. The molecule has 1 aromatic rings. The SMILES string of the molecule is C=CCOc1ccccc1CNCC(C)(C)S(C)(=O)=O. The average Bonchev–Trinajstić information content (AvgIpc) is 2.36. The van der Waals surface area contributed by atoms with E-state index in [2.05, 4.69) is 11.9 Å². The van der Waals surface area contributed by atoms with Crippen molar-refractivity contribution in [3.8, 4) is 5.75 Å². The first-order valence-corrected chi connectivity index (χ1v) is 8.39. The van der Waals surface area contributed by atoms with Crippen LogP contribution < -0.4 is 10.1 Å². The van der Waals surface area contributed by atoms with Crippen molar-refractivity contribution >= 4 is 9.84 Å². The van der Waals surface area contributed by atoms with Crippen LogP contribution in [0.5, 0.6) is 5.75 Å². The molecule has 1 aromatic carbocycles. The Kier molecular flexibility index (Phi) is 5.77. The Hall–Kier alpha value is -1.33. The summed E-state index contributed by atoms with van der Waals surface area (Å²) in [6, 6.07) is 7.68. The third kappa shape index (κ3) is 4.65. The van der Waals surface area contributed by atoms with Crippen LogP contribution in [0, 0.1) is 0 Å². The van der Waals surface area contributed by atoms with Gasteiger partial charge in [-0.1, -0.05) is 30.9 Å². The summed E-state index contributed by atoms with van der Waals surface area (Å²) in [7, 11) is -3.09. The van der Waals surface area contributed by atoms with E-state index in [1.54, 1.807) is 19.9 Å². The van der Waals surface area contributed by atoms with Crippen LogP contribution in [-0.2, 0) is 16.4 Å². The number of hydrogen-bond donors (Lipinski definition) is 1. The third-order valence-corrected chi connectivity index (χ3v) is 5.35. The van der Waals surface area contributed by atoms with E-state index in [1.165, 1.54) is 6.26 Å². The maximum Gasteiger partial charge on any atom is 0.153 e. The van der Waals surface area contributed by atoms with Crippen LogP contribution in [-0.4, -0.2) is 32.6 Å². The zero-order valence-corrected chi connectivity index (χ0v) is 13.2. The molecule has 0 heterocycles. The Labute approximate surface area is 121 Å². The first kappa shape index (κ1) is 16.7. The minimum absolute atomic E-state index is 0.391. The van der Waals surface area contributed by atoms with Gasteiger partial charge in [-0.25, -0.2) is 8.42 Å². The first-order valence-electron chi connectivity index (χ1n) is 6.50. The zero-order valence-electron chi connectivity index (χ0n) is 12.3. The Balaban J connectivity index is 2.64. The molecule has 0 bridgehead atoms. The molecule has 0 aliphatic heterocycles. The predicted octanol–water partition coefficient (Wildman–Crippen LogP) is 2.16. The van der Waals surface area contributed by atoms with E-state index in [4.69, 9.17) is 4.74 Å². The van der Waals surface area contributed by atoms with Crippen molar-refractivity contribution in [2.24, 2.45) is 0 Å². The van der Waals surface area contributed by atoms with Crippen LogP contribution in [0.3, 0.4) is 0 Å². The number of sulfone groups is 1. The molecule has 0 fully saturated rings. The minimum atomic E-state index is -3.09. The number of rotatable bonds is 8. The summed E-state index contributed by atoms with van der Waals surface area (Å²) in [5, 5.41) is 3.18. The molecule has 0 amide bonds. The van der Waals surface area contributed by atoms with Crippen molar-refractivity contribution in [1.82, 2.24) is 5.32 Å². The fraction of sp³-hybridized carbons (Fsp3) is 0.467. The van der Waals surface area contributed by atoms with Gasteiger partial charge in [0.2, 0.25) is 0 Å². The molecule has 0 aliphatic rings. The first-order chi connectivity index (χ1) is 9.28. The van der Waals surface area contributed by atoms with Gasteiger partial charge in [0.25, 0.3) is 0 Å². The summed E-state index contributed by atoms with van der Waals surface area (Å²) in [4.78, 5) is 0. The lowest BCUT2D eigenvalue weighted by Gasteiger charge is -2.23. The summed E-state index contributed by atoms with van der Waals surface area (Å²) < 4.78 is 28.0. The van der Waals surface area contributed by atoms with Gasteiger partial charge in [0.05, 0.1) is 4.75 Å². The standard InChI is InChI=1S/C15H23NO3S/c1-5-10-19-14-9-7-6-8-13(14)11-16-12-15(2,3)20(4,17)18/h5-9,16H,1,10-12H2,2-4H3. The van der Waals surface area contributed by atoms with Crippen molar-refractivity contribution in [3.05, 3.63) is 42.5 Å². The van der Waals surface area contributed by atoms with Crippen LogP contribution in [0.1, 0.15) is 19.4 Å². The molecule has 1 N–H and O–H groups in total. The Bertz CT molecular complexity index is 550. The molecule has 0 atom stereocenters. The molecule has 0 unspecified atom stereocenters. The van der Waals surface area contributed by atoms with E-state index < -0.39 is 14.6 Å². The highest BCUT2D eigenvalue weighted by Gasteiger charge is 2.29. The van der Waals surface area contributed by atoms with Crippen LogP contribution in [0.2, 0.25) is 0 Å². The van der Waals surface area contributed by atoms with Crippen molar-refractivity contribution in [2.45, 2.75) is 25.1 Å². The second-order valence-corrected chi connectivity index (χ2v) is 7.99. The fourth-order valence-corrected chi connectivity index (χ4v) is 1.93. The molecule has 0 radical (unpaired) electrons. The van der Waals surface area contributed by atoms with Crippen molar-refractivity contribution in [2.75, 3.05) is 19.4 Å². The average molecular weight is 297 g/mol.